The smallest absolute Gasteiger partial charge is 0.334 e. The second kappa shape index (κ2) is 10.4. The lowest BCUT2D eigenvalue weighted by Gasteiger charge is -2.53. The Bertz CT molecular complexity index is 1230. The monoisotopic (exact) mass is 590 g/mol. The number of nitrogens with two attached hydrogens (primary N) is 1. The lowest BCUT2D eigenvalue weighted by molar-refractivity contribution is -0.311. The van der Waals surface area contributed by atoms with Gasteiger partial charge in [-0.05, 0) is 50.2 Å². The van der Waals surface area contributed by atoms with E-state index in [9.17, 15) is 14.7 Å². The number of benzene rings is 2. The second-order valence-electron chi connectivity index (χ2n) is 10.4. The maximum Gasteiger partial charge on any atom is 0.334 e. The normalized spacial score (nSPS) is 28.9. The Labute approximate surface area is 230 Å². The first-order valence-corrected chi connectivity index (χ1v) is 13.1. The molecule has 198 valence electrons. The summed E-state index contributed by atoms with van der Waals surface area (Å²) in [5.74, 6) is -1.67. The summed E-state index contributed by atoms with van der Waals surface area (Å²) < 4.78 is 17.9. The van der Waals surface area contributed by atoms with Crippen LogP contribution in [0.1, 0.15) is 37.5 Å². The Morgan fingerprint density at radius 3 is 2.49 bits per heavy atom. The third kappa shape index (κ3) is 5.73. The average molecular weight is 592 g/mol. The first kappa shape index (κ1) is 27.7. The van der Waals surface area contributed by atoms with E-state index in [1.54, 1.807) is 18.2 Å². The molecule has 2 aliphatic rings. The van der Waals surface area contributed by atoms with Crippen molar-refractivity contribution in [2.75, 3.05) is 12.3 Å². The number of ether oxygens (including phenoxy) is 3. The van der Waals surface area contributed by atoms with Crippen molar-refractivity contribution in [2.45, 2.75) is 62.0 Å². The van der Waals surface area contributed by atoms with Gasteiger partial charge in [-0.2, -0.15) is 0 Å². The van der Waals surface area contributed by atoms with Crippen LogP contribution in [0.2, 0.25) is 0 Å². The van der Waals surface area contributed by atoms with Crippen LogP contribution in [0.15, 0.2) is 59.1 Å². The highest BCUT2D eigenvalue weighted by molar-refractivity contribution is 9.10. The first-order chi connectivity index (χ1) is 17.3. The minimum absolute atomic E-state index is 0.0169. The highest BCUT2D eigenvalue weighted by Gasteiger charge is 2.66. The van der Waals surface area contributed by atoms with Gasteiger partial charge in [0.25, 0.3) is 0 Å². The van der Waals surface area contributed by atoms with Crippen LogP contribution in [0.3, 0.4) is 0 Å². The van der Waals surface area contributed by atoms with Crippen LogP contribution in [0.5, 0.6) is 0 Å². The number of fused-ring (bicyclic) bond motifs is 1. The number of anilines is 1. The van der Waals surface area contributed by atoms with E-state index in [2.05, 4.69) is 66.8 Å². The van der Waals surface area contributed by atoms with E-state index in [1.165, 1.54) is 5.56 Å². The molecule has 1 saturated heterocycles. The molecule has 4 unspecified atom stereocenters. The zero-order valence-electron chi connectivity index (χ0n) is 20.9. The van der Waals surface area contributed by atoms with Crippen molar-refractivity contribution in [1.29, 1.82) is 0 Å². The van der Waals surface area contributed by atoms with Gasteiger partial charge in [-0.25, -0.2) is 9.59 Å². The van der Waals surface area contributed by atoms with E-state index in [0.717, 1.165) is 17.7 Å². The summed E-state index contributed by atoms with van der Waals surface area (Å²) in [4.78, 5) is 25.1. The van der Waals surface area contributed by atoms with E-state index in [0.29, 0.717) is 22.3 Å². The number of halogens is 1. The Kier molecular flexibility index (Phi) is 7.79. The molecule has 2 aliphatic heterocycles. The molecule has 8 nitrogen and oxygen atoms in total. The molecular weight excluding hydrogens is 560 g/mol. The molecule has 0 radical (unpaired) electrons. The number of nitrogen functional groups attached to an aromatic ring is 1. The molecule has 4 atom stereocenters. The molecule has 0 spiro atoms. The summed E-state index contributed by atoms with van der Waals surface area (Å²) in [7, 11) is 0. The van der Waals surface area contributed by atoms with E-state index in [4.69, 9.17) is 19.9 Å². The predicted molar refractivity (Wildman–Crippen MR) is 146 cm³/mol. The number of aliphatic hydroxyl groups is 1. The molecule has 2 heterocycles. The van der Waals surface area contributed by atoms with Gasteiger partial charge in [0, 0.05) is 35.3 Å². The van der Waals surface area contributed by atoms with Gasteiger partial charge in [0.1, 0.15) is 6.10 Å². The number of hydrogen-bond acceptors (Lipinski definition) is 9. The number of thiol groups is 1. The molecule has 4 rings (SSSR count). The summed E-state index contributed by atoms with van der Waals surface area (Å²) in [6.45, 7) is 6.80. The number of carbonyl (C=O) groups is 2. The Morgan fingerprint density at radius 2 is 1.81 bits per heavy atom. The van der Waals surface area contributed by atoms with E-state index < -0.39 is 34.8 Å². The van der Waals surface area contributed by atoms with Crippen molar-refractivity contribution in [1.82, 2.24) is 5.32 Å². The highest BCUT2D eigenvalue weighted by Crippen LogP contribution is 2.46. The van der Waals surface area contributed by atoms with Crippen LogP contribution < -0.4 is 11.1 Å². The van der Waals surface area contributed by atoms with Crippen molar-refractivity contribution in [3.63, 3.8) is 0 Å². The summed E-state index contributed by atoms with van der Waals surface area (Å²) in [6, 6.07) is 12.6. The zero-order chi connectivity index (χ0) is 27.0. The van der Waals surface area contributed by atoms with Gasteiger partial charge >= 0.3 is 17.1 Å². The molecule has 0 saturated carbocycles. The molecule has 0 aliphatic carbocycles. The van der Waals surface area contributed by atoms with Crippen LogP contribution >= 0.6 is 28.6 Å². The van der Waals surface area contributed by atoms with Gasteiger partial charge in [0.15, 0.2) is 0 Å². The number of carbonyl (C=O) groups excluding carboxylic acids is 2. The van der Waals surface area contributed by atoms with Crippen LogP contribution in [-0.2, 0) is 42.2 Å². The van der Waals surface area contributed by atoms with Gasteiger partial charge in [-0.1, -0.05) is 63.7 Å². The Morgan fingerprint density at radius 1 is 1.11 bits per heavy atom. The molecule has 2 aromatic rings. The molecule has 10 heteroatoms. The summed E-state index contributed by atoms with van der Waals surface area (Å²) in [6.07, 6.45) is 0.468. The second-order valence-corrected chi connectivity index (χ2v) is 11.8. The Hall–Kier alpha value is -2.37. The number of rotatable bonds is 5. The number of aliphatic hydroxyl groups excluding tert-OH is 1. The van der Waals surface area contributed by atoms with Crippen molar-refractivity contribution in [3.8, 4) is 0 Å². The van der Waals surface area contributed by atoms with Crippen molar-refractivity contribution in [3.05, 3.63) is 75.8 Å². The van der Waals surface area contributed by atoms with E-state index in [-0.39, 0.29) is 18.4 Å². The molecule has 37 heavy (non-hydrogen) atoms. The third-order valence-electron chi connectivity index (χ3n) is 6.62. The molecule has 4 N–H and O–H groups in total. The molecule has 1 fully saturated rings. The largest absolute Gasteiger partial charge is 0.445 e. The van der Waals surface area contributed by atoms with E-state index in [1.807, 2.05) is 12.1 Å². The van der Waals surface area contributed by atoms with Gasteiger partial charge < -0.3 is 30.4 Å². The Balaban J connectivity index is 1.68. The zero-order valence-corrected chi connectivity index (χ0v) is 23.3. The van der Waals surface area contributed by atoms with Crippen LogP contribution in [0, 0.1) is 0 Å². The minimum Gasteiger partial charge on any atom is -0.445 e. The maximum atomic E-state index is 12.7. The fourth-order valence-corrected chi connectivity index (χ4v) is 5.34. The molecule has 0 amide bonds. The number of nitrogens with one attached hydrogen (secondary N) is 1. The summed E-state index contributed by atoms with van der Waals surface area (Å²) in [5, 5.41) is 13.0. The maximum absolute atomic E-state index is 12.7. The summed E-state index contributed by atoms with van der Waals surface area (Å²) >= 11 is 7.94. The molecule has 0 aromatic heterocycles. The van der Waals surface area contributed by atoms with Crippen LogP contribution in [0.4, 0.5) is 5.69 Å². The first-order valence-electron chi connectivity index (χ1n) is 11.9. The fourth-order valence-electron chi connectivity index (χ4n) is 4.49. The lowest BCUT2D eigenvalue weighted by Crippen LogP contribution is -2.73. The number of hydrogen-bond donors (Lipinski definition) is 4. The summed E-state index contributed by atoms with van der Waals surface area (Å²) in [5.41, 5.74) is 7.39. The van der Waals surface area contributed by atoms with Crippen LogP contribution in [0.25, 0.3) is 0 Å². The van der Waals surface area contributed by atoms with Crippen LogP contribution in [-0.4, -0.2) is 46.5 Å². The van der Waals surface area contributed by atoms with Gasteiger partial charge in [-0.15, -0.1) is 0 Å². The van der Waals surface area contributed by atoms with Gasteiger partial charge in [0.2, 0.25) is 5.60 Å². The SMILES string of the molecule is CC(C)(C)c1cccc(CNC2COC3(S)OC(=O)/C=C/C(=O)OC3(Cc3ccc(N)c(Br)c3)C2O)c1. The fraction of sp³-hybridized carbons (Fsp3) is 0.407. The number of esters is 2. The predicted octanol–water partition coefficient (Wildman–Crippen LogP) is 3.40. The minimum atomic E-state index is -2.05. The van der Waals surface area contributed by atoms with Crippen molar-refractivity contribution >= 4 is 46.2 Å². The molecular formula is C27H31BrN2O6S. The van der Waals surface area contributed by atoms with Crippen molar-refractivity contribution in [2.24, 2.45) is 0 Å². The van der Waals surface area contributed by atoms with Crippen molar-refractivity contribution < 1.29 is 28.9 Å². The topological polar surface area (TPSA) is 120 Å². The quantitative estimate of drug-likeness (QED) is 0.237. The lowest BCUT2D eigenvalue weighted by atomic mass is 9.81. The van der Waals surface area contributed by atoms with Gasteiger partial charge in [0.05, 0.1) is 12.6 Å². The van der Waals surface area contributed by atoms with E-state index >= 15 is 0 Å². The average Bonchev–Trinajstić information content (AvgIpc) is 2.82. The van der Waals surface area contributed by atoms with Gasteiger partial charge in [-0.3, -0.25) is 0 Å². The molecule has 0 bridgehead atoms. The standard InChI is InChI=1S/C27H31BrN2O6S/c1-25(2,3)18-6-4-5-17(11-18)14-30-21-15-34-27(37)26(24(21)33,35-22(31)9-10-23(32)36-27)13-16-7-8-20(29)19(28)12-16/h4-12,21,24,30,33,37H,13-15,29H2,1-3H3/b10-9+. The third-order valence-corrected chi connectivity index (χ3v) is 7.91. The molecule has 2 aromatic carbocycles. The highest BCUT2D eigenvalue weighted by atomic mass is 79.9.